The Labute approximate surface area is 140 Å². The molecule has 1 fully saturated rings. The van der Waals surface area contributed by atoms with Crippen LogP contribution in [0.3, 0.4) is 0 Å². The first-order valence-electron chi connectivity index (χ1n) is 7.55. The van der Waals surface area contributed by atoms with Crippen molar-refractivity contribution in [3.63, 3.8) is 0 Å². The number of halogens is 3. The SMILES string of the molecule is NC(=O)CC1CNCCN1c1cc(C(F)(F)F)nc(-n2ccnc2)n1. The summed E-state index contributed by atoms with van der Waals surface area (Å²) in [6, 6.07) is 0.512. The van der Waals surface area contributed by atoms with Gasteiger partial charge in [0.2, 0.25) is 11.9 Å². The van der Waals surface area contributed by atoms with Crippen LogP contribution >= 0.6 is 0 Å². The third-order valence-corrected chi connectivity index (χ3v) is 3.81. The van der Waals surface area contributed by atoms with Crippen LogP contribution in [0.25, 0.3) is 5.95 Å². The van der Waals surface area contributed by atoms with Crippen molar-refractivity contribution in [3.05, 3.63) is 30.5 Å². The molecule has 134 valence electrons. The van der Waals surface area contributed by atoms with Crippen LogP contribution in [0.5, 0.6) is 0 Å². The van der Waals surface area contributed by atoms with Crippen LogP contribution in [0.2, 0.25) is 0 Å². The minimum Gasteiger partial charge on any atom is -0.370 e. The number of aromatic nitrogens is 4. The van der Waals surface area contributed by atoms with E-state index < -0.39 is 17.8 Å². The van der Waals surface area contributed by atoms with Crippen LogP contribution in [0.15, 0.2) is 24.8 Å². The lowest BCUT2D eigenvalue weighted by molar-refractivity contribution is -0.141. The zero-order valence-electron chi connectivity index (χ0n) is 13.1. The Morgan fingerprint density at radius 3 is 2.84 bits per heavy atom. The average molecular weight is 355 g/mol. The number of hydrogen-bond donors (Lipinski definition) is 2. The molecular weight excluding hydrogens is 339 g/mol. The van der Waals surface area contributed by atoms with Crippen molar-refractivity contribution in [1.82, 2.24) is 24.8 Å². The summed E-state index contributed by atoms with van der Waals surface area (Å²) in [5, 5.41) is 3.10. The molecule has 0 spiro atoms. The van der Waals surface area contributed by atoms with E-state index in [4.69, 9.17) is 5.73 Å². The molecule has 1 aliphatic rings. The molecule has 2 aromatic heterocycles. The Bertz CT molecular complexity index is 747. The summed E-state index contributed by atoms with van der Waals surface area (Å²) in [5.74, 6) is -0.573. The zero-order chi connectivity index (χ0) is 18.0. The number of nitrogens with one attached hydrogen (secondary N) is 1. The first-order chi connectivity index (χ1) is 11.8. The number of anilines is 1. The van der Waals surface area contributed by atoms with Gasteiger partial charge in [-0.1, -0.05) is 0 Å². The minimum absolute atomic E-state index is 0.0127. The second-order valence-corrected chi connectivity index (χ2v) is 5.60. The fraction of sp³-hybridized carbons (Fsp3) is 0.429. The lowest BCUT2D eigenvalue weighted by Gasteiger charge is -2.36. The number of primary amides is 1. The highest BCUT2D eigenvalue weighted by atomic mass is 19.4. The molecular formula is C14H16F3N7O. The van der Waals surface area contributed by atoms with Gasteiger partial charge in [0, 0.05) is 44.5 Å². The molecule has 0 aliphatic carbocycles. The van der Waals surface area contributed by atoms with Crippen molar-refractivity contribution in [2.75, 3.05) is 24.5 Å². The highest BCUT2D eigenvalue weighted by molar-refractivity contribution is 5.75. The lowest BCUT2D eigenvalue weighted by Crippen LogP contribution is -2.53. The summed E-state index contributed by atoms with van der Waals surface area (Å²) in [7, 11) is 0. The van der Waals surface area contributed by atoms with E-state index in [2.05, 4.69) is 20.3 Å². The first-order valence-corrected chi connectivity index (χ1v) is 7.55. The Kier molecular flexibility index (Phi) is 4.57. The Hall–Kier alpha value is -2.69. The number of imidazole rings is 1. The van der Waals surface area contributed by atoms with Crippen LogP contribution in [0.4, 0.5) is 19.0 Å². The van der Waals surface area contributed by atoms with Gasteiger partial charge in [0.05, 0.1) is 6.04 Å². The van der Waals surface area contributed by atoms with Crippen LogP contribution in [0.1, 0.15) is 12.1 Å². The van der Waals surface area contributed by atoms with Gasteiger partial charge < -0.3 is 16.0 Å². The van der Waals surface area contributed by atoms with Crippen molar-refractivity contribution in [1.29, 1.82) is 0 Å². The van der Waals surface area contributed by atoms with Gasteiger partial charge in [0.15, 0.2) is 5.69 Å². The van der Waals surface area contributed by atoms with Crippen molar-refractivity contribution in [2.45, 2.75) is 18.6 Å². The number of carbonyl (C=O) groups is 1. The molecule has 1 unspecified atom stereocenters. The second kappa shape index (κ2) is 6.67. The number of carbonyl (C=O) groups excluding carboxylic acids is 1. The number of nitrogens with two attached hydrogens (primary N) is 1. The Balaban J connectivity index is 2.04. The molecule has 0 bridgehead atoms. The molecule has 25 heavy (non-hydrogen) atoms. The maximum atomic E-state index is 13.2. The molecule has 0 radical (unpaired) electrons. The molecule has 1 saturated heterocycles. The predicted octanol–water partition coefficient (Wildman–Crippen LogP) is 0.335. The highest BCUT2D eigenvalue weighted by Crippen LogP contribution is 2.31. The maximum Gasteiger partial charge on any atom is 0.433 e. The summed E-state index contributed by atoms with van der Waals surface area (Å²) < 4.78 is 41.0. The standard InChI is InChI=1S/C14H16F3N7O/c15-14(16,17)10-6-12(22-13(21-10)23-3-1-20-8-23)24-4-2-19-7-9(24)5-11(18)25/h1,3,6,8-9,19H,2,4-5,7H2,(H2,18,25). The lowest BCUT2D eigenvalue weighted by atomic mass is 10.1. The van der Waals surface area contributed by atoms with Crippen LogP contribution in [0, 0.1) is 0 Å². The maximum absolute atomic E-state index is 13.2. The first kappa shape index (κ1) is 17.1. The summed E-state index contributed by atoms with van der Waals surface area (Å²) >= 11 is 0. The number of amides is 1. The van der Waals surface area contributed by atoms with E-state index in [-0.39, 0.29) is 24.2 Å². The molecule has 3 heterocycles. The second-order valence-electron chi connectivity index (χ2n) is 5.60. The third kappa shape index (κ3) is 3.87. The Morgan fingerprint density at radius 2 is 2.20 bits per heavy atom. The van der Waals surface area contributed by atoms with Gasteiger partial charge in [-0.3, -0.25) is 9.36 Å². The summed E-state index contributed by atoms with van der Waals surface area (Å²) in [4.78, 5) is 24.5. The molecule has 0 saturated carbocycles. The topological polar surface area (TPSA) is 102 Å². The van der Waals surface area contributed by atoms with E-state index in [0.717, 1.165) is 6.07 Å². The Morgan fingerprint density at radius 1 is 1.40 bits per heavy atom. The summed E-state index contributed by atoms with van der Waals surface area (Å²) in [5.41, 5.74) is 4.19. The van der Waals surface area contributed by atoms with Gasteiger partial charge in [-0.05, 0) is 0 Å². The van der Waals surface area contributed by atoms with E-state index in [9.17, 15) is 18.0 Å². The molecule has 2 aromatic rings. The third-order valence-electron chi connectivity index (χ3n) is 3.81. The van der Waals surface area contributed by atoms with E-state index in [0.29, 0.717) is 19.6 Å². The molecule has 0 aromatic carbocycles. The molecule has 3 rings (SSSR count). The van der Waals surface area contributed by atoms with Gasteiger partial charge in [-0.15, -0.1) is 0 Å². The van der Waals surface area contributed by atoms with Crippen molar-refractivity contribution >= 4 is 11.7 Å². The summed E-state index contributed by atoms with van der Waals surface area (Å²) in [6.07, 6.45) is -0.418. The van der Waals surface area contributed by atoms with E-state index >= 15 is 0 Å². The van der Waals surface area contributed by atoms with Crippen LogP contribution in [-0.2, 0) is 11.0 Å². The normalized spacial score (nSPS) is 18.4. The fourth-order valence-corrected chi connectivity index (χ4v) is 2.68. The summed E-state index contributed by atoms with van der Waals surface area (Å²) in [6.45, 7) is 1.38. The highest BCUT2D eigenvalue weighted by Gasteiger charge is 2.35. The largest absolute Gasteiger partial charge is 0.433 e. The van der Waals surface area contributed by atoms with E-state index in [1.54, 1.807) is 4.90 Å². The fourth-order valence-electron chi connectivity index (χ4n) is 2.68. The zero-order valence-corrected chi connectivity index (χ0v) is 13.1. The number of hydrogen-bond acceptors (Lipinski definition) is 6. The average Bonchev–Trinajstić information content (AvgIpc) is 3.08. The van der Waals surface area contributed by atoms with E-state index in [1.165, 1.54) is 23.3 Å². The number of piperazine rings is 1. The molecule has 3 N–H and O–H groups in total. The van der Waals surface area contributed by atoms with Gasteiger partial charge in [0.25, 0.3) is 0 Å². The van der Waals surface area contributed by atoms with Crippen molar-refractivity contribution in [2.24, 2.45) is 5.73 Å². The van der Waals surface area contributed by atoms with Gasteiger partial charge in [-0.25, -0.2) is 9.97 Å². The van der Waals surface area contributed by atoms with Gasteiger partial charge >= 0.3 is 6.18 Å². The quantitative estimate of drug-likeness (QED) is 0.820. The monoisotopic (exact) mass is 355 g/mol. The molecule has 11 heteroatoms. The van der Waals surface area contributed by atoms with Crippen molar-refractivity contribution < 1.29 is 18.0 Å². The molecule has 1 amide bonds. The molecule has 1 aliphatic heterocycles. The predicted molar refractivity (Wildman–Crippen MR) is 82.0 cm³/mol. The molecule has 1 atom stereocenters. The van der Waals surface area contributed by atoms with Crippen LogP contribution in [-0.4, -0.2) is 51.1 Å². The van der Waals surface area contributed by atoms with Gasteiger partial charge in [0.1, 0.15) is 12.1 Å². The van der Waals surface area contributed by atoms with Gasteiger partial charge in [-0.2, -0.15) is 18.2 Å². The minimum atomic E-state index is -4.62. The van der Waals surface area contributed by atoms with E-state index in [1.807, 2.05) is 0 Å². The smallest absolute Gasteiger partial charge is 0.370 e. The number of nitrogens with zero attached hydrogens (tertiary/aromatic N) is 5. The molecule has 8 nitrogen and oxygen atoms in total. The van der Waals surface area contributed by atoms with Crippen LogP contribution < -0.4 is 16.0 Å². The number of alkyl halides is 3. The van der Waals surface area contributed by atoms with Crippen molar-refractivity contribution in [3.8, 4) is 5.95 Å². The number of rotatable bonds is 4.